The maximum Gasteiger partial charge on any atom is 0.333 e. The van der Waals surface area contributed by atoms with Crippen LogP contribution in [0.25, 0.3) is 0 Å². The number of hydrogen-bond acceptors (Lipinski definition) is 39. The lowest BCUT2D eigenvalue weighted by atomic mass is 9.88. The van der Waals surface area contributed by atoms with Crippen molar-refractivity contribution >= 4 is 186 Å². The molecule has 0 radical (unpaired) electrons. The van der Waals surface area contributed by atoms with E-state index in [0.29, 0.717) is 110 Å². The Kier molecular flexibility index (Phi) is 37.6. The highest BCUT2D eigenvalue weighted by Gasteiger charge is 2.43. The van der Waals surface area contributed by atoms with Crippen molar-refractivity contribution in [1.82, 2.24) is 44.9 Å². The van der Waals surface area contributed by atoms with Crippen molar-refractivity contribution in [3.63, 3.8) is 0 Å². The highest BCUT2D eigenvalue weighted by molar-refractivity contribution is 8.00. The van der Waals surface area contributed by atoms with Gasteiger partial charge in [0, 0.05) is 100 Å². The molecule has 143 heavy (non-hydrogen) atoms. The lowest BCUT2D eigenvalue weighted by Gasteiger charge is -2.28. The molecule has 5 fully saturated rings. The molecule has 3 aromatic carbocycles. The third kappa shape index (κ3) is 30.0. The van der Waals surface area contributed by atoms with Crippen molar-refractivity contribution in [2.75, 3.05) is 48.1 Å². The van der Waals surface area contributed by atoms with E-state index >= 15 is 0 Å². The highest BCUT2D eigenvalue weighted by atomic mass is 35.5. The molecule has 17 rings (SSSR count). The number of furan rings is 1. The minimum atomic E-state index is -4.12. The number of aromatic nitrogens is 9. The molecule has 5 aliphatic rings. The standard InChI is InChI=1S/C25H27ClN4O5S3.C22H20Cl2N4O6S2.C22H23ClN4O5S2.C22H22N4O7S.CH4/c26-18-4-1-3-16(8-18)25(5-2-6-37-25)17-9-22(36-13-17)23(32)20-11-28-14-29-24(20)30-19-7-15(21(31)10-19)12-35-38(27,33)34;23-13-3-1-2-11(4-13)19(30)15-7-18(35-21(15)24)20(31)16-8-26-10-27-22(16)28-14-5-12(17(29)6-14)9-34-36(25,32)33;23-17-3-14(7-25-8-17)1-15-6-21(33-11-15)22(29)18-9-26-12-27-19(18)4-13-2-16(20(28)5-13)10-32-34(24,30)31;23-34(30,31)33-11-14-6-16(8-18(14)27)26-22-17(9-24-12-25-22)21(29)19-7-15(10-32-19)20(28)13-4-2-1-3-5-13;/h1,3-4,8-9,11,13-15,19,21,31H,2,5-7,10,12H2,(H2,27,33,34)(H,28,29,30);1-4,7-8,10,12,14,17,29H,5-6,9H2,(H2,25,32,33)(H,26,27,28);3,6-9,11-13,16,20,28H,1-2,4-5,10H2,(H2,24,30,31);1-5,7,9-10,12,14,16,18,27H,6,8,11H2,(H2,23,30,31)(H,24,25,26);1H4/t15-,19-,21+,25?;12-,14-,17+;13-,16+,20-;14-,16-,18+;/m1101./s1. The smallest absolute Gasteiger partial charge is 0.333 e. The number of nitrogens with zero attached hydrogens (tertiary/aromatic N) is 9. The molecule has 0 amide bonds. The van der Waals surface area contributed by atoms with E-state index in [0.717, 1.165) is 52.2 Å². The van der Waals surface area contributed by atoms with Crippen LogP contribution in [0.5, 0.6) is 0 Å². The number of ketones is 6. The zero-order chi connectivity index (χ0) is 102. The summed E-state index contributed by atoms with van der Waals surface area (Å²) >= 11 is 30.2. The molecule has 51 heteroatoms. The summed E-state index contributed by atoms with van der Waals surface area (Å²) in [7, 11) is -16.4. The Bertz CT molecular complexity index is 7080. The molecule has 1 aliphatic heterocycles. The second-order valence-corrected chi connectivity index (χ2v) is 45.0. The topological polar surface area (TPSA) is 626 Å². The van der Waals surface area contributed by atoms with Gasteiger partial charge in [0.2, 0.25) is 23.1 Å². The number of anilines is 3. The van der Waals surface area contributed by atoms with Crippen molar-refractivity contribution in [2.45, 2.75) is 132 Å². The monoisotopic (exact) mass is 2190 g/mol. The molecule has 10 heterocycles. The van der Waals surface area contributed by atoms with Crippen LogP contribution in [0, 0.1) is 29.6 Å². The Hall–Kier alpha value is -10.2. The van der Waals surface area contributed by atoms with Crippen LogP contribution in [0.4, 0.5) is 17.5 Å². The molecule has 758 valence electrons. The van der Waals surface area contributed by atoms with Crippen LogP contribution in [0.15, 0.2) is 193 Å². The quantitative estimate of drug-likeness (QED) is 0.0162. The van der Waals surface area contributed by atoms with Gasteiger partial charge in [-0.2, -0.15) is 33.7 Å². The molecule has 13 atom stereocenters. The summed E-state index contributed by atoms with van der Waals surface area (Å²) in [5.74, 6) is -1.88. The number of rotatable bonds is 36. The number of halogens is 4. The van der Waals surface area contributed by atoms with Crippen molar-refractivity contribution in [3.05, 3.63) is 301 Å². The number of carbonyl (C=O) groups is 6. The first-order chi connectivity index (χ1) is 67.5. The third-order valence-corrected chi connectivity index (χ3v) is 31.4. The Morgan fingerprint density at radius 3 is 1.43 bits per heavy atom. The maximum absolute atomic E-state index is 13.6. The van der Waals surface area contributed by atoms with E-state index in [1.165, 1.54) is 97.2 Å². The SMILES string of the molecule is C.NS(=O)(=O)OC[C@H]1C[C@@H](Cc2ncncc2C(=O)c2cc(Cc3cncc(Cl)c3)cs2)C[C@@H]1O.NS(=O)(=O)OC[C@H]1C[C@@H](Nc2ncncc2C(=O)c2cc(C(=O)c3cccc(Cl)c3)c(Cl)s2)C[C@@H]1O.NS(=O)(=O)OC[C@H]1C[C@@H](Nc2ncncc2C(=O)c2cc(C(=O)c3ccccc3)co2)C[C@@H]1O.NS(=O)(=O)OC[C@H]1C[C@@H](Nc2ncncc2C(=O)c2cc(C3(c4cccc(Cl)c4)CCCS3)cs2)C[C@@H]1O. The molecule has 1 unspecified atom stereocenters. The molecular formula is C92H96Cl4N16O23S8. The lowest BCUT2D eigenvalue weighted by Crippen LogP contribution is -2.24. The second-order valence-electron chi connectivity index (χ2n) is 34.0. The summed E-state index contributed by atoms with van der Waals surface area (Å²) in [4.78, 5) is 117. The fraction of sp³-hybridized carbons (Fsp3) is 0.337. The molecule has 39 nitrogen and oxygen atoms in total. The van der Waals surface area contributed by atoms with Gasteiger partial charge in [-0.1, -0.05) is 108 Å². The van der Waals surface area contributed by atoms with Crippen LogP contribution < -0.4 is 36.5 Å². The van der Waals surface area contributed by atoms with Crippen LogP contribution in [0.2, 0.25) is 19.4 Å². The van der Waals surface area contributed by atoms with E-state index in [1.807, 2.05) is 58.9 Å². The summed E-state index contributed by atoms with van der Waals surface area (Å²) in [6.45, 7) is -0.895. The van der Waals surface area contributed by atoms with E-state index in [1.54, 1.807) is 60.9 Å². The van der Waals surface area contributed by atoms with E-state index in [4.69, 9.17) is 71.4 Å². The summed E-state index contributed by atoms with van der Waals surface area (Å²) in [5.41, 5.74) is 6.97. The molecule has 12 aromatic rings. The number of thiophene rings is 3. The van der Waals surface area contributed by atoms with E-state index in [2.05, 4.69) is 83.6 Å². The van der Waals surface area contributed by atoms with Gasteiger partial charge in [0.1, 0.15) is 53.4 Å². The third-order valence-electron chi connectivity index (χ3n) is 23.9. The lowest BCUT2D eigenvalue weighted by molar-refractivity contribution is 0.0998. The summed E-state index contributed by atoms with van der Waals surface area (Å²) < 4.78 is 112. The second kappa shape index (κ2) is 48.8. The van der Waals surface area contributed by atoms with Crippen LogP contribution in [-0.4, -0.2) is 208 Å². The number of nitrogens with two attached hydrogens (primary N) is 4. The number of aliphatic hydroxyl groups is 4. The van der Waals surface area contributed by atoms with Crippen LogP contribution in [-0.2, 0) is 75.5 Å². The fourth-order valence-electron chi connectivity index (χ4n) is 17.2. The predicted octanol–water partition coefficient (Wildman–Crippen LogP) is 11.5. The zero-order valence-corrected chi connectivity index (χ0v) is 84.1. The van der Waals surface area contributed by atoms with Crippen LogP contribution in [0.3, 0.4) is 0 Å². The van der Waals surface area contributed by atoms with Gasteiger partial charge in [-0.15, -0.1) is 45.8 Å². The summed E-state index contributed by atoms with van der Waals surface area (Å²) in [6, 6.07) is 30.5. The number of nitrogens with one attached hydrogen (secondary N) is 3. The average Bonchev–Trinajstić information content (AvgIpc) is 1.62. The largest absolute Gasteiger partial charge is 0.460 e. The van der Waals surface area contributed by atoms with Gasteiger partial charge in [-0.25, -0.2) is 60.4 Å². The average molecular weight is 2190 g/mol. The van der Waals surface area contributed by atoms with Crippen molar-refractivity contribution in [2.24, 2.45) is 50.1 Å². The summed E-state index contributed by atoms with van der Waals surface area (Å²) in [5, 5.41) is 75.8. The zero-order valence-electron chi connectivity index (χ0n) is 74.5. The number of benzene rings is 3. The van der Waals surface area contributed by atoms with Gasteiger partial charge in [0.05, 0.1) is 114 Å². The molecular weight excluding hydrogens is 2100 g/mol. The Balaban J connectivity index is 0.000000160. The normalized spacial score (nSPS) is 21.5. The molecule has 9 aromatic heterocycles. The first kappa shape index (κ1) is 110. The molecule has 4 saturated carbocycles. The fourth-order valence-corrected chi connectivity index (χ4v) is 23.8. The number of thioether (sulfide) groups is 1. The predicted molar refractivity (Wildman–Crippen MR) is 537 cm³/mol. The van der Waals surface area contributed by atoms with Crippen molar-refractivity contribution in [3.8, 4) is 0 Å². The van der Waals surface area contributed by atoms with Gasteiger partial charge in [-0.05, 0) is 176 Å². The first-order valence-corrected chi connectivity index (χ1v) is 54.5. The van der Waals surface area contributed by atoms with Gasteiger partial charge < -0.3 is 40.8 Å². The van der Waals surface area contributed by atoms with Crippen LogP contribution in [0.1, 0.15) is 193 Å². The minimum Gasteiger partial charge on any atom is -0.460 e. The van der Waals surface area contributed by atoms with Crippen LogP contribution >= 0.6 is 92.2 Å². The number of pyridine rings is 1. The molecule has 15 N–H and O–H groups in total. The first-order valence-electron chi connectivity index (χ1n) is 43.6. The summed E-state index contributed by atoms with van der Waals surface area (Å²) in [6.07, 6.45) is 18.5. The van der Waals surface area contributed by atoms with Crippen molar-refractivity contribution in [1.29, 1.82) is 0 Å². The Morgan fingerprint density at radius 1 is 0.434 bits per heavy atom. The number of carbonyl (C=O) groups excluding carboxylic acids is 6. The van der Waals surface area contributed by atoms with Gasteiger partial charge in [0.25, 0.3) is 0 Å². The Morgan fingerprint density at radius 2 is 0.909 bits per heavy atom. The van der Waals surface area contributed by atoms with E-state index < -0.39 is 95.0 Å². The number of hydrogen-bond donors (Lipinski definition) is 11. The van der Waals surface area contributed by atoms with Crippen molar-refractivity contribution < 1.29 is 104 Å². The molecule has 0 bridgehead atoms. The van der Waals surface area contributed by atoms with E-state index in [-0.39, 0.29) is 153 Å². The number of aliphatic hydroxyl groups excluding tert-OH is 4. The van der Waals surface area contributed by atoms with Gasteiger partial charge in [-0.3, -0.25) is 50.5 Å². The Labute approximate surface area is 858 Å². The molecule has 4 aliphatic carbocycles. The minimum absolute atomic E-state index is 0. The van der Waals surface area contributed by atoms with Gasteiger partial charge >= 0.3 is 41.2 Å². The van der Waals surface area contributed by atoms with E-state index in [9.17, 15) is 82.9 Å². The highest BCUT2D eigenvalue weighted by Crippen LogP contribution is 2.53. The maximum atomic E-state index is 13.6. The van der Waals surface area contributed by atoms with Gasteiger partial charge in [0.15, 0.2) is 17.3 Å². The molecule has 0 spiro atoms. The molecule has 1 saturated heterocycles.